The van der Waals surface area contributed by atoms with E-state index in [1.165, 1.54) is 70.6 Å². The second kappa shape index (κ2) is 9.66. The van der Waals surface area contributed by atoms with Gasteiger partial charge in [0.2, 0.25) is 0 Å². The van der Waals surface area contributed by atoms with Crippen LogP contribution in [0.15, 0.2) is 12.2 Å². The van der Waals surface area contributed by atoms with Gasteiger partial charge in [0.05, 0.1) is 6.10 Å². The van der Waals surface area contributed by atoms with E-state index < -0.39 is 0 Å². The summed E-state index contributed by atoms with van der Waals surface area (Å²) in [5.41, 5.74) is 0. The quantitative estimate of drug-likeness (QED) is 0.512. The molecule has 1 nitrogen and oxygen atoms in total. The first-order chi connectivity index (χ1) is 10.3. The molecule has 2 aliphatic carbocycles. The zero-order valence-electron chi connectivity index (χ0n) is 14.4. The molecule has 1 heteroatoms. The van der Waals surface area contributed by atoms with Crippen LogP contribution in [-0.2, 0) is 4.74 Å². The van der Waals surface area contributed by atoms with Crippen LogP contribution in [0.3, 0.4) is 0 Å². The fourth-order valence-electron chi connectivity index (χ4n) is 4.38. The molecule has 0 amide bonds. The first kappa shape index (κ1) is 17.1. The highest BCUT2D eigenvalue weighted by Crippen LogP contribution is 2.36. The Morgan fingerprint density at radius 1 is 0.810 bits per heavy atom. The molecule has 2 saturated carbocycles. The largest absolute Gasteiger partial charge is 0.379 e. The monoisotopic (exact) mass is 292 g/mol. The van der Waals surface area contributed by atoms with Gasteiger partial charge in [-0.25, -0.2) is 0 Å². The van der Waals surface area contributed by atoms with Crippen molar-refractivity contribution in [3.63, 3.8) is 0 Å². The second-order valence-electron chi connectivity index (χ2n) is 7.37. The number of rotatable bonds is 7. The van der Waals surface area contributed by atoms with E-state index in [2.05, 4.69) is 26.0 Å². The van der Waals surface area contributed by atoms with Gasteiger partial charge >= 0.3 is 0 Å². The van der Waals surface area contributed by atoms with Gasteiger partial charge in [-0.05, 0) is 76.5 Å². The zero-order valence-corrected chi connectivity index (χ0v) is 14.4. The Morgan fingerprint density at radius 3 is 1.86 bits per heavy atom. The Hall–Kier alpha value is -0.300. The maximum atomic E-state index is 5.76. The summed E-state index contributed by atoms with van der Waals surface area (Å²) in [7, 11) is 0. The topological polar surface area (TPSA) is 9.23 Å². The summed E-state index contributed by atoms with van der Waals surface area (Å²) in [6, 6.07) is 0. The first-order valence-corrected chi connectivity index (χ1v) is 9.54. The average Bonchev–Trinajstić information content (AvgIpc) is 2.53. The van der Waals surface area contributed by atoms with Crippen molar-refractivity contribution >= 4 is 0 Å². The molecule has 2 aliphatic rings. The van der Waals surface area contributed by atoms with Crippen LogP contribution in [0.4, 0.5) is 0 Å². The van der Waals surface area contributed by atoms with E-state index in [-0.39, 0.29) is 0 Å². The van der Waals surface area contributed by atoms with Gasteiger partial charge in [-0.3, -0.25) is 0 Å². The zero-order chi connectivity index (χ0) is 14.9. The molecular weight excluding hydrogens is 256 g/mol. The van der Waals surface area contributed by atoms with Crippen LogP contribution in [0.2, 0.25) is 0 Å². The first-order valence-electron chi connectivity index (χ1n) is 9.54. The van der Waals surface area contributed by atoms with E-state index >= 15 is 0 Å². The van der Waals surface area contributed by atoms with Gasteiger partial charge in [-0.15, -0.1) is 0 Å². The molecule has 0 saturated heterocycles. The summed E-state index contributed by atoms with van der Waals surface area (Å²) < 4.78 is 5.76. The molecule has 0 unspecified atom stereocenters. The van der Waals surface area contributed by atoms with Crippen molar-refractivity contribution in [1.29, 1.82) is 0 Å². The third-order valence-electron chi connectivity index (χ3n) is 5.85. The Kier molecular flexibility index (Phi) is 7.85. The van der Waals surface area contributed by atoms with Crippen LogP contribution in [0.25, 0.3) is 0 Å². The third-order valence-corrected chi connectivity index (χ3v) is 5.85. The van der Waals surface area contributed by atoms with Crippen molar-refractivity contribution in [2.75, 3.05) is 6.61 Å². The summed E-state index contributed by atoms with van der Waals surface area (Å²) in [5, 5.41) is 0. The number of hydrogen-bond acceptors (Lipinski definition) is 1. The van der Waals surface area contributed by atoms with Gasteiger partial charge in [0, 0.05) is 6.61 Å². The lowest BCUT2D eigenvalue weighted by Crippen LogP contribution is -2.22. The van der Waals surface area contributed by atoms with E-state index in [4.69, 9.17) is 4.74 Å². The Bertz CT molecular complexity index is 280. The predicted octanol–water partition coefficient (Wildman–Crippen LogP) is 6.13. The van der Waals surface area contributed by atoms with E-state index in [0.717, 1.165) is 24.4 Å². The molecule has 0 heterocycles. The smallest absolute Gasteiger partial charge is 0.0575 e. The fraction of sp³-hybridized carbons (Fsp3) is 0.900. The van der Waals surface area contributed by atoms with E-state index in [1.54, 1.807) is 0 Å². The predicted molar refractivity (Wildman–Crippen MR) is 91.5 cm³/mol. The molecule has 0 atom stereocenters. The molecular formula is C20H36O. The van der Waals surface area contributed by atoms with Crippen molar-refractivity contribution in [1.82, 2.24) is 0 Å². The maximum absolute atomic E-state index is 5.76. The molecule has 0 aliphatic heterocycles. The highest BCUT2D eigenvalue weighted by Gasteiger charge is 2.24. The van der Waals surface area contributed by atoms with Gasteiger partial charge in [0.15, 0.2) is 0 Å². The van der Waals surface area contributed by atoms with Crippen LogP contribution in [0, 0.1) is 17.8 Å². The van der Waals surface area contributed by atoms with Crippen molar-refractivity contribution in [2.24, 2.45) is 17.8 Å². The van der Waals surface area contributed by atoms with Crippen LogP contribution in [-0.4, -0.2) is 12.7 Å². The molecule has 0 spiro atoms. The normalized spacial score (nSPS) is 34.4. The summed E-state index contributed by atoms with van der Waals surface area (Å²) in [6.07, 6.45) is 20.9. The average molecular weight is 293 g/mol. The van der Waals surface area contributed by atoms with E-state index in [1.807, 2.05) is 0 Å². The summed E-state index contributed by atoms with van der Waals surface area (Å²) >= 11 is 0. The van der Waals surface area contributed by atoms with Gasteiger partial charge < -0.3 is 4.74 Å². The molecule has 2 fully saturated rings. The van der Waals surface area contributed by atoms with Crippen molar-refractivity contribution in [2.45, 2.75) is 90.6 Å². The second-order valence-corrected chi connectivity index (χ2v) is 7.37. The Morgan fingerprint density at radius 2 is 1.33 bits per heavy atom. The number of ether oxygens (including phenoxy) is 1. The SMILES string of the molecule is C/C=C/CC1CCC(CCC2CCC(OCC)CC2)CC1. The van der Waals surface area contributed by atoms with Crippen molar-refractivity contribution in [3.05, 3.63) is 12.2 Å². The maximum Gasteiger partial charge on any atom is 0.0575 e. The highest BCUT2D eigenvalue weighted by molar-refractivity contribution is 4.83. The van der Waals surface area contributed by atoms with E-state index in [0.29, 0.717) is 6.10 Å². The summed E-state index contributed by atoms with van der Waals surface area (Å²) in [5.74, 6) is 3.03. The molecule has 0 bridgehead atoms. The lowest BCUT2D eigenvalue weighted by atomic mass is 9.76. The molecule has 0 aromatic carbocycles. The molecule has 122 valence electrons. The fourth-order valence-corrected chi connectivity index (χ4v) is 4.38. The van der Waals surface area contributed by atoms with Crippen LogP contribution in [0.1, 0.15) is 84.5 Å². The van der Waals surface area contributed by atoms with Gasteiger partial charge in [-0.2, -0.15) is 0 Å². The Labute approximate surface area is 132 Å². The number of allylic oxidation sites excluding steroid dienone is 2. The molecule has 0 aromatic heterocycles. The van der Waals surface area contributed by atoms with E-state index in [9.17, 15) is 0 Å². The molecule has 0 radical (unpaired) electrons. The molecule has 2 rings (SSSR count). The van der Waals surface area contributed by atoms with Gasteiger partial charge in [-0.1, -0.05) is 37.8 Å². The van der Waals surface area contributed by atoms with Gasteiger partial charge in [0.25, 0.3) is 0 Å². The molecule has 0 aromatic rings. The summed E-state index contributed by atoms with van der Waals surface area (Å²) in [6.45, 7) is 5.16. The minimum absolute atomic E-state index is 0.577. The minimum atomic E-state index is 0.577. The summed E-state index contributed by atoms with van der Waals surface area (Å²) in [4.78, 5) is 0. The van der Waals surface area contributed by atoms with Crippen LogP contribution < -0.4 is 0 Å². The highest BCUT2D eigenvalue weighted by atomic mass is 16.5. The lowest BCUT2D eigenvalue weighted by Gasteiger charge is -2.31. The van der Waals surface area contributed by atoms with Gasteiger partial charge in [0.1, 0.15) is 0 Å². The molecule has 21 heavy (non-hydrogen) atoms. The molecule has 0 N–H and O–H groups in total. The number of hydrogen-bond donors (Lipinski definition) is 0. The lowest BCUT2D eigenvalue weighted by molar-refractivity contribution is 0.0238. The standard InChI is InChI=1S/C20H36O/c1-3-5-6-17-7-9-18(10-8-17)11-12-19-13-15-20(16-14-19)21-4-2/h3,5,17-20H,4,6-16H2,1-2H3/b5-3+. The van der Waals surface area contributed by atoms with Crippen molar-refractivity contribution in [3.8, 4) is 0 Å². The Balaban J connectivity index is 1.56. The van der Waals surface area contributed by atoms with Crippen LogP contribution in [0.5, 0.6) is 0 Å². The van der Waals surface area contributed by atoms with Crippen LogP contribution >= 0.6 is 0 Å². The minimum Gasteiger partial charge on any atom is -0.379 e. The third kappa shape index (κ3) is 6.14. The van der Waals surface area contributed by atoms with Crippen molar-refractivity contribution < 1.29 is 4.74 Å².